The summed E-state index contributed by atoms with van der Waals surface area (Å²) in [6.45, 7) is 1.05. The fourth-order valence-electron chi connectivity index (χ4n) is 5.20. The van der Waals surface area contributed by atoms with Crippen molar-refractivity contribution in [1.29, 1.82) is 5.26 Å². The SMILES string of the molecule is COc1cc(C(=O)NO)ccc1NC(=O)COc1ccc(-c2c(-c3ccc(C#N)cc3)nc(N3CCC(N)CC3)n(C)c2=O)cc1. The number of rotatable bonds is 9. The number of hydrogen-bond acceptors (Lipinski definition) is 10. The molecule has 5 rings (SSSR count). The quantitative estimate of drug-likeness (QED) is 0.160. The lowest BCUT2D eigenvalue weighted by molar-refractivity contribution is -0.118. The van der Waals surface area contributed by atoms with Crippen molar-refractivity contribution < 1.29 is 24.3 Å². The summed E-state index contributed by atoms with van der Waals surface area (Å²) < 4.78 is 12.5. The fraction of sp³-hybridized carbons (Fsp3) is 0.242. The minimum absolute atomic E-state index is 0.119. The third-order valence-electron chi connectivity index (χ3n) is 7.73. The number of nitrogens with one attached hydrogen (secondary N) is 2. The van der Waals surface area contributed by atoms with Crippen LogP contribution in [-0.2, 0) is 11.8 Å². The Balaban J connectivity index is 1.38. The molecule has 2 heterocycles. The first-order valence-corrected chi connectivity index (χ1v) is 14.5. The molecule has 1 fully saturated rings. The van der Waals surface area contributed by atoms with E-state index in [0.29, 0.717) is 58.4 Å². The molecule has 0 unspecified atom stereocenters. The molecule has 1 aliphatic rings. The van der Waals surface area contributed by atoms with Crippen molar-refractivity contribution in [2.75, 3.05) is 37.0 Å². The highest BCUT2D eigenvalue weighted by Gasteiger charge is 2.24. The minimum atomic E-state index is -0.719. The van der Waals surface area contributed by atoms with E-state index in [0.717, 1.165) is 12.8 Å². The molecule has 4 aromatic rings. The van der Waals surface area contributed by atoms with Crippen molar-refractivity contribution in [2.45, 2.75) is 18.9 Å². The van der Waals surface area contributed by atoms with Gasteiger partial charge in [-0.2, -0.15) is 5.26 Å². The first kappa shape index (κ1) is 31.7. The van der Waals surface area contributed by atoms with Crippen LogP contribution < -0.4 is 36.5 Å². The van der Waals surface area contributed by atoms with Gasteiger partial charge in [-0.1, -0.05) is 24.3 Å². The van der Waals surface area contributed by atoms with Crippen LogP contribution in [0.15, 0.2) is 71.5 Å². The van der Waals surface area contributed by atoms with Gasteiger partial charge < -0.3 is 25.4 Å². The smallest absolute Gasteiger partial charge is 0.274 e. The average Bonchev–Trinajstić information content (AvgIpc) is 3.09. The molecule has 1 aliphatic heterocycles. The molecule has 46 heavy (non-hydrogen) atoms. The van der Waals surface area contributed by atoms with Crippen molar-refractivity contribution in [2.24, 2.45) is 12.8 Å². The average molecular weight is 624 g/mol. The van der Waals surface area contributed by atoms with Crippen LogP contribution in [0.2, 0.25) is 0 Å². The highest BCUT2D eigenvalue weighted by atomic mass is 16.5. The van der Waals surface area contributed by atoms with Gasteiger partial charge in [0, 0.05) is 37.3 Å². The van der Waals surface area contributed by atoms with E-state index >= 15 is 0 Å². The number of ether oxygens (including phenoxy) is 2. The number of amides is 2. The second-order valence-corrected chi connectivity index (χ2v) is 10.7. The van der Waals surface area contributed by atoms with E-state index in [4.69, 9.17) is 25.4 Å². The summed E-state index contributed by atoms with van der Waals surface area (Å²) in [4.78, 5) is 45.3. The predicted octanol–water partition coefficient (Wildman–Crippen LogP) is 3.06. The van der Waals surface area contributed by atoms with E-state index in [1.54, 1.807) is 65.6 Å². The Morgan fingerprint density at radius 1 is 1.07 bits per heavy atom. The number of benzene rings is 3. The van der Waals surface area contributed by atoms with Gasteiger partial charge in [-0.15, -0.1) is 0 Å². The molecule has 1 saturated heterocycles. The van der Waals surface area contributed by atoms with E-state index in [-0.39, 0.29) is 29.5 Å². The number of piperidine rings is 1. The lowest BCUT2D eigenvalue weighted by Gasteiger charge is -2.32. The number of hydroxylamine groups is 1. The van der Waals surface area contributed by atoms with Crippen molar-refractivity contribution >= 4 is 23.5 Å². The highest BCUT2D eigenvalue weighted by Crippen LogP contribution is 2.32. The van der Waals surface area contributed by atoms with Crippen LogP contribution in [0.5, 0.6) is 11.5 Å². The Hall–Kier alpha value is -5.71. The molecule has 236 valence electrons. The van der Waals surface area contributed by atoms with Gasteiger partial charge >= 0.3 is 0 Å². The molecule has 13 heteroatoms. The zero-order valence-corrected chi connectivity index (χ0v) is 25.3. The number of aromatic nitrogens is 2. The molecule has 13 nitrogen and oxygen atoms in total. The Morgan fingerprint density at radius 3 is 2.37 bits per heavy atom. The topological polar surface area (TPSA) is 185 Å². The molecule has 0 spiro atoms. The van der Waals surface area contributed by atoms with E-state index < -0.39 is 11.8 Å². The number of nitriles is 1. The standard InChI is InChI=1S/C33H33N7O6/c1-39-32(43)29(30(22-5-3-20(18-34)4-6-22)37-33(39)40-15-13-24(35)14-16-40)21-7-10-25(11-8-21)46-19-28(41)36-26-12-9-23(31(42)38-44)17-27(26)45-2/h3-12,17,24,44H,13-16,19,35H2,1-2H3,(H,36,41)(H,38,42). The summed E-state index contributed by atoms with van der Waals surface area (Å²) in [6.07, 6.45) is 1.60. The van der Waals surface area contributed by atoms with Crippen LogP contribution in [0.4, 0.5) is 11.6 Å². The number of nitrogens with zero attached hydrogens (tertiary/aromatic N) is 4. The summed E-state index contributed by atoms with van der Waals surface area (Å²) in [5.41, 5.74) is 10.5. The predicted molar refractivity (Wildman–Crippen MR) is 171 cm³/mol. The number of hydrogen-bond donors (Lipinski definition) is 4. The molecular formula is C33H33N7O6. The number of nitrogens with two attached hydrogens (primary N) is 1. The summed E-state index contributed by atoms with van der Waals surface area (Å²) in [7, 11) is 3.08. The van der Waals surface area contributed by atoms with Crippen LogP contribution in [0.25, 0.3) is 22.4 Å². The Morgan fingerprint density at radius 2 is 1.74 bits per heavy atom. The maximum atomic E-state index is 13.9. The summed E-state index contributed by atoms with van der Waals surface area (Å²) in [5.74, 6) is -0.0245. The number of carbonyl (C=O) groups excluding carboxylic acids is 2. The van der Waals surface area contributed by atoms with Gasteiger partial charge in [0.2, 0.25) is 5.95 Å². The van der Waals surface area contributed by atoms with E-state index in [9.17, 15) is 19.6 Å². The monoisotopic (exact) mass is 623 g/mol. The first-order valence-electron chi connectivity index (χ1n) is 14.5. The Labute approximate surface area is 264 Å². The first-order chi connectivity index (χ1) is 22.2. The van der Waals surface area contributed by atoms with Crippen LogP contribution in [0, 0.1) is 11.3 Å². The van der Waals surface area contributed by atoms with Gasteiger partial charge in [0.25, 0.3) is 17.4 Å². The zero-order chi connectivity index (χ0) is 32.8. The van der Waals surface area contributed by atoms with Crippen LogP contribution >= 0.6 is 0 Å². The molecule has 0 atom stereocenters. The van der Waals surface area contributed by atoms with Gasteiger partial charge in [0.05, 0.1) is 35.7 Å². The number of carbonyl (C=O) groups is 2. The molecule has 0 saturated carbocycles. The van der Waals surface area contributed by atoms with E-state index in [1.807, 2.05) is 0 Å². The van der Waals surface area contributed by atoms with Crippen molar-refractivity contribution in [1.82, 2.24) is 15.0 Å². The second kappa shape index (κ2) is 13.9. The third kappa shape index (κ3) is 6.83. The van der Waals surface area contributed by atoms with Gasteiger partial charge in [-0.05, 0) is 60.9 Å². The lowest BCUT2D eigenvalue weighted by atomic mass is 9.99. The molecule has 2 amide bonds. The number of methoxy groups -OCH3 is 1. The summed E-state index contributed by atoms with van der Waals surface area (Å²) >= 11 is 0. The maximum absolute atomic E-state index is 13.9. The molecule has 3 aromatic carbocycles. The molecule has 1 aromatic heterocycles. The van der Waals surface area contributed by atoms with Gasteiger partial charge in [-0.3, -0.25) is 24.2 Å². The number of anilines is 2. The van der Waals surface area contributed by atoms with Crippen molar-refractivity contribution in [3.05, 3.63) is 88.2 Å². The molecule has 5 N–H and O–H groups in total. The molecule has 0 radical (unpaired) electrons. The highest BCUT2D eigenvalue weighted by molar-refractivity contribution is 5.97. The molecule has 0 bridgehead atoms. The maximum Gasteiger partial charge on any atom is 0.274 e. The molecular weight excluding hydrogens is 590 g/mol. The van der Waals surface area contributed by atoms with Crippen LogP contribution in [-0.4, -0.2) is 59.4 Å². The normalized spacial score (nSPS) is 13.1. The second-order valence-electron chi connectivity index (χ2n) is 10.7. The van der Waals surface area contributed by atoms with Crippen molar-refractivity contribution in [3.8, 4) is 40.0 Å². The van der Waals surface area contributed by atoms with E-state index in [1.165, 1.54) is 25.3 Å². The van der Waals surface area contributed by atoms with Gasteiger partial charge in [-0.25, -0.2) is 10.5 Å². The fourth-order valence-corrected chi connectivity index (χ4v) is 5.20. The molecule has 0 aliphatic carbocycles. The zero-order valence-electron chi connectivity index (χ0n) is 25.3. The minimum Gasteiger partial charge on any atom is -0.495 e. The Kier molecular flexibility index (Phi) is 9.61. The van der Waals surface area contributed by atoms with Crippen molar-refractivity contribution in [3.63, 3.8) is 0 Å². The summed E-state index contributed by atoms with van der Waals surface area (Å²) in [5, 5.41) is 20.8. The van der Waals surface area contributed by atoms with Crippen LogP contribution in [0.3, 0.4) is 0 Å². The third-order valence-corrected chi connectivity index (χ3v) is 7.73. The van der Waals surface area contributed by atoms with Gasteiger partial charge in [0.1, 0.15) is 11.5 Å². The summed E-state index contributed by atoms with van der Waals surface area (Å²) in [6, 6.07) is 20.2. The Bertz CT molecular complexity index is 1840. The lowest BCUT2D eigenvalue weighted by Crippen LogP contribution is -2.42. The van der Waals surface area contributed by atoms with Crippen LogP contribution in [0.1, 0.15) is 28.8 Å². The van der Waals surface area contributed by atoms with Gasteiger partial charge in [0.15, 0.2) is 6.61 Å². The van der Waals surface area contributed by atoms with E-state index in [2.05, 4.69) is 16.3 Å². The largest absolute Gasteiger partial charge is 0.495 e.